The molecule has 2 fully saturated rings. The zero-order valence-corrected chi connectivity index (χ0v) is 12.8. The highest BCUT2D eigenvalue weighted by molar-refractivity contribution is 5.79. The van der Waals surface area contributed by atoms with Gasteiger partial charge in [0.2, 0.25) is 11.9 Å². The molecule has 2 aliphatic heterocycles. The minimum atomic E-state index is -0.0481. The van der Waals surface area contributed by atoms with Gasteiger partial charge in [0.25, 0.3) is 0 Å². The first-order chi connectivity index (χ1) is 10.1. The maximum absolute atomic E-state index is 12.2. The summed E-state index contributed by atoms with van der Waals surface area (Å²) >= 11 is 0. The van der Waals surface area contributed by atoms with Gasteiger partial charge in [-0.15, -0.1) is 0 Å². The number of aryl methyl sites for hydroxylation is 1. The summed E-state index contributed by atoms with van der Waals surface area (Å²) in [6.45, 7) is 3.54. The zero-order valence-electron chi connectivity index (χ0n) is 12.8. The standard InChI is InChI=1S/C15H22N4O2/c1-4-10-6-16-15(17-7-10)19-8-11-5-12(13(9-19)21-11)14(20)18(2)3/h6-7,11-13H,4-5,8-9H2,1-3H3/t11-,12+,13-/m0/s1. The highest BCUT2D eigenvalue weighted by Gasteiger charge is 2.45. The third-order valence-corrected chi connectivity index (χ3v) is 4.30. The summed E-state index contributed by atoms with van der Waals surface area (Å²) in [6, 6.07) is 0. The maximum atomic E-state index is 12.2. The van der Waals surface area contributed by atoms with E-state index in [0.29, 0.717) is 6.54 Å². The summed E-state index contributed by atoms with van der Waals surface area (Å²) in [5.74, 6) is 0.861. The van der Waals surface area contributed by atoms with E-state index in [1.54, 1.807) is 19.0 Å². The van der Waals surface area contributed by atoms with Crippen LogP contribution in [0.5, 0.6) is 0 Å². The van der Waals surface area contributed by atoms with Gasteiger partial charge in [0, 0.05) is 39.6 Å². The van der Waals surface area contributed by atoms with Crippen molar-refractivity contribution >= 4 is 11.9 Å². The second-order valence-corrected chi connectivity index (χ2v) is 6.02. The Morgan fingerprint density at radius 3 is 2.71 bits per heavy atom. The molecule has 2 aliphatic rings. The van der Waals surface area contributed by atoms with Crippen molar-refractivity contribution in [1.82, 2.24) is 14.9 Å². The number of anilines is 1. The van der Waals surface area contributed by atoms with Crippen molar-refractivity contribution in [2.75, 3.05) is 32.1 Å². The molecule has 2 saturated heterocycles. The van der Waals surface area contributed by atoms with E-state index in [-0.39, 0.29) is 24.0 Å². The second-order valence-electron chi connectivity index (χ2n) is 6.02. The van der Waals surface area contributed by atoms with Gasteiger partial charge in [0.05, 0.1) is 18.1 Å². The van der Waals surface area contributed by atoms with Gasteiger partial charge in [0.15, 0.2) is 0 Å². The highest BCUT2D eigenvalue weighted by atomic mass is 16.5. The van der Waals surface area contributed by atoms with Crippen LogP contribution in [0, 0.1) is 5.92 Å². The minimum Gasteiger partial charge on any atom is -0.370 e. The van der Waals surface area contributed by atoms with E-state index in [1.807, 2.05) is 12.4 Å². The first-order valence-electron chi connectivity index (χ1n) is 7.51. The molecule has 3 atom stereocenters. The summed E-state index contributed by atoms with van der Waals surface area (Å²) in [5, 5.41) is 0. The molecule has 0 saturated carbocycles. The van der Waals surface area contributed by atoms with Crippen LogP contribution < -0.4 is 4.90 Å². The third-order valence-electron chi connectivity index (χ3n) is 4.30. The number of hydrogen-bond donors (Lipinski definition) is 0. The normalized spacial score (nSPS) is 27.8. The van der Waals surface area contributed by atoms with E-state index in [1.165, 1.54) is 0 Å². The molecule has 0 aromatic carbocycles. The third kappa shape index (κ3) is 2.72. The van der Waals surface area contributed by atoms with E-state index in [4.69, 9.17) is 4.74 Å². The molecule has 6 nitrogen and oxygen atoms in total. The Balaban J connectivity index is 1.73. The molecule has 3 heterocycles. The van der Waals surface area contributed by atoms with E-state index in [9.17, 15) is 4.79 Å². The molecule has 2 bridgehead atoms. The van der Waals surface area contributed by atoms with Gasteiger partial charge in [-0.2, -0.15) is 0 Å². The summed E-state index contributed by atoms with van der Waals surface area (Å²) in [4.78, 5) is 24.9. The van der Waals surface area contributed by atoms with Crippen LogP contribution in [0.15, 0.2) is 12.4 Å². The Labute approximate surface area is 125 Å². The van der Waals surface area contributed by atoms with Gasteiger partial charge in [-0.25, -0.2) is 9.97 Å². The highest BCUT2D eigenvalue weighted by Crippen LogP contribution is 2.33. The maximum Gasteiger partial charge on any atom is 0.227 e. The van der Waals surface area contributed by atoms with E-state index >= 15 is 0 Å². The number of amides is 1. The van der Waals surface area contributed by atoms with Crippen LogP contribution in [-0.4, -0.2) is 60.2 Å². The molecule has 0 radical (unpaired) electrons. The number of fused-ring (bicyclic) bond motifs is 2. The molecule has 114 valence electrons. The molecule has 1 aromatic rings. The number of hydrogen-bond acceptors (Lipinski definition) is 5. The van der Waals surface area contributed by atoms with Gasteiger partial charge in [-0.1, -0.05) is 6.92 Å². The number of carbonyl (C=O) groups excluding carboxylic acids is 1. The van der Waals surface area contributed by atoms with Gasteiger partial charge in [-0.05, 0) is 18.4 Å². The monoisotopic (exact) mass is 290 g/mol. The molecule has 3 rings (SSSR count). The molecular formula is C15H22N4O2. The number of rotatable bonds is 3. The van der Waals surface area contributed by atoms with E-state index in [2.05, 4.69) is 21.8 Å². The number of nitrogens with zero attached hydrogens (tertiary/aromatic N) is 4. The van der Waals surface area contributed by atoms with Crippen LogP contribution in [0.2, 0.25) is 0 Å². The quantitative estimate of drug-likeness (QED) is 0.821. The first-order valence-corrected chi connectivity index (χ1v) is 7.51. The predicted molar refractivity (Wildman–Crippen MR) is 79.1 cm³/mol. The van der Waals surface area contributed by atoms with Crippen LogP contribution in [0.4, 0.5) is 5.95 Å². The molecule has 21 heavy (non-hydrogen) atoms. The van der Waals surface area contributed by atoms with Crippen molar-refractivity contribution in [1.29, 1.82) is 0 Å². The molecular weight excluding hydrogens is 268 g/mol. The minimum absolute atomic E-state index is 0.0371. The van der Waals surface area contributed by atoms with Crippen molar-refractivity contribution in [2.24, 2.45) is 5.92 Å². The molecule has 1 aromatic heterocycles. The SMILES string of the molecule is CCc1cnc(N2C[C@@H]3C[C@@H](C(=O)N(C)C)[C@H](C2)O3)nc1. The topological polar surface area (TPSA) is 58.6 Å². The first kappa shape index (κ1) is 14.3. The fraction of sp³-hybridized carbons (Fsp3) is 0.667. The smallest absolute Gasteiger partial charge is 0.227 e. The van der Waals surface area contributed by atoms with E-state index in [0.717, 1.165) is 30.9 Å². The average Bonchev–Trinajstić information content (AvgIpc) is 2.80. The fourth-order valence-corrected chi connectivity index (χ4v) is 3.11. The van der Waals surface area contributed by atoms with Crippen LogP contribution in [-0.2, 0) is 16.0 Å². The Hall–Kier alpha value is -1.69. The number of carbonyl (C=O) groups is 1. The van der Waals surface area contributed by atoms with Gasteiger partial charge in [-0.3, -0.25) is 4.79 Å². The molecule has 0 spiro atoms. The number of aromatic nitrogens is 2. The van der Waals surface area contributed by atoms with Crippen LogP contribution >= 0.6 is 0 Å². The lowest BCUT2D eigenvalue weighted by molar-refractivity contribution is -0.134. The lowest BCUT2D eigenvalue weighted by Crippen LogP contribution is -2.46. The Morgan fingerprint density at radius 2 is 2.10 bits per heavy atom. The molecule has 0 N–H and O–H groups in total. The molecule has 6 heteroatoms. The summed E-state index contributed by atoms with van der Waals surface area (Å²) < 4.78 is 5.93. The van der Waals surface area contributed by atoms with Crippen LogP contribution in [0.1, 0.15) is 18.9 Å². The van der Waals surface area contributed by atoms with Gasteiger partial charge < -0.3 is 14.5 Å². The largest absolute Gasteiger partial charge is 0.370 e. The average molecular weight is 290 g/mol. The van der Waals surface area contributed by atoms with Crippen molar-refractivity contribution in [3.8, 4) is 0 Å². The lowest BCUT2D eigenvalue weighted by atomic mass is 9.99. The van der Waals surface area contributed by atoms with Crippen molar-refractivity contribution in [3.63, 3.8) is 0 Å². The molecule has 0 aliphatic carbocycles. The van der Waals surface area contributed by atoms with Crippen LogP contribution in [0.3, 0.4) is 0 Å². The number of morpholine rings is 1. The van der Waals surface area contributed by atoms with Crippen molar-refractivity contribution < 1.29 is 9.53 Å². The summed E-state index contributed by atoms with van der Waals surface area (Å²) in [6.07, 6.45) is 5.55. The van der Waals surface area contributed by atoms with Crippen molar-refractivity contribution in [2.45, 2.75) is 32.0 Å². The number of ether oxygens (including phenoxy) is 1. The predicted octanol–water partition coefficient (Wildman–Crippen LogP) is 0.721. The Kier molecular flexibility index (Phi) is 3.80. The van der Waals surface area contributed by atoms with Crippen LogP contribution in [0.25, 0.3) is 0 Å². The lowest BCUT2D eigenvalue weighted by Gasteiger charge is -2.33. The molecule has 0 unspecified atom stereocenters. The van der Waals surface area contributed by atoms with Gasteiger partial charge in [0.1, 0.15) is 0 Å². The summed E-state index contributed by atoms with van der Waals surface area (Å²) in [7, 11) is 3.60. The van der Waals surface area contributed by atoms with Crippen molar-refractivity contribution in [3.05, 3.63) is 18.0 Å². The van der Waals surface area contributed by atoms with E-state index < -0.39 is 0 Å². The van der Waals surface area contributed by atoms with Gasteiger partial charge >= 0.3 is 0 Å². The fourth-order valence-electron chi connectivity index (χ4n) is 3.11. The summed E-state index contributed by atoms with van der Waals surface area (Å²) in [5.41, 5.74) is 1.13. The molecule has 1 amide bonds. The Bertz CT molecular complexity index is 517. The zero-order chi connectivity index (χ0) is 15.0. The second kappa shape index (κ2) is 5.60. The Morgan fingerprint density at radius 1 is 1.38 bits per heavy atom.